The van der Waals surface area contributed by atoms with Gasteiger partial charge in [0.2, 0.25) is 0 Å². The van der Waals surface area contributed by atoms with Crippen molar-refractivity contribution < 1.29 is 0 Å². The van der Waals surface area contributed by atoms with Crippen molar-refractivity contribution in [3.63, 3.8) is 0 Å². The minimum atomic E-state index is -0.0304. The molecule has 0 aliphatic heterocycles. The summed E-state index contributed by atoms with van der Waals surface area (Å²) in [5.41, 5.74) is 1.47. The summed E-state index contributed by atoms with van der Waals surface area (Å²) in [5.74, 6) is 0. The number of hydrogen-bond donors (Lipinski definition) is 0. The molecular weight excluding hydrogens is 284 g/mol. The van der Waals surface area contributed by atoms with E-state index in [2.05, 4.69) is 60.7 Å². The van der Waals surface area contributed by atoms with E-state index in [9.17, 15) is 0 Å². The average Bonchev–Trinajstić information content (AvgIpc) is 2.29. The molecule has 0 aromatic heterocycles. The molecule has 0 aliphatic carbocycles. The van der Waals surface area contributed by atoms with Crippen molar-refractivity contribution in [2.75, 3.05) is 0 Å². The van der Waals surface area contributed by atoms with Crippen LogP contribution in [-0.2, 0) is 4.47 Å². The Bertz CT molecular complexity index is 327. The van der Waals surface area contributed by atoms with Crippen LogP contribution < -0.4 is 3.61 Å². The van der Waals surface area contributed by atoms with Crippen molar-refractivity contribution in [1.29, 1.82) is 0 Å². The van der Waals surface area contributed by atoms with Crippen molar-refractivity contribution in [2.24, 2.45) is 0 Å². The summed E-state index contributed by atoms with van der Waals surface area (Å²) in [6.07, 6.45) is 0. The van der Waals surface area contributed by atoms with Crippen molar-refractivity contribution in [2.45, 2.75) is 4.47 Å². The van der Waals surface area contributed by atoms with Crippen LogP contribution in [-0.4, -0.2) is 20.9 Å². The third kappa shape index (κ3) is 2.87. The molecule has 2 aromatic rings. The van der Waals surface area contributed by atoms with E-state index in [-0.39, 0.29) is 20.9 Å². The molecule has 2 rings (SSSR count). The Morgan fingerprint density at radius 2 is 1.29 bits per heavy atom. The van der Waals surface area contributed by atoms with E-state index in [1.54, 1.807) is 3.61 Å². The first-order chi connectivity index (χ1) is 6.95. The second-order valence-electron chi connectivity index (χ2n) is 3.09. The molecule has 0 N–H and O–H groups in total. The first-order valence-corrected chi connectivity index (χ1v) is 7.48. The zero-order valence-corrected chi connectivity index (χ0v) is 10.2. The molecule has 0 unspecified atom stereocenters. The number of rotatable bonds is 3. The van der Waals surface area contributed by atoms with Crippen LogP contribution in [0.5, 0.6) is 0 Å². The molecule has 0 radical (unpaired) electrons. The van der Waals surface area contributed by atoms with Crippen LogP contribution in [0.25, 0.3) is 0 Å². The Morgan fingerprint density at radius 1 is 0.714 bits per heavy atom. The molecule has 14 heavy (non-hydrogen) atoms. The summed E-state index contributed by atoms with van der Waals surface area (Å²) in [6, 6.07) is 21.6. The second-order valence-corrected chi connectivity index (χ2v) is 6.08. The summed E-state index contributed by atoms with van der Waals surface area (Å²) in [6.45, 7) is 0. The van der Waals surface area contributed by atoms with E-state index in [0.29, 0.717) is 0 Å². The summed E-state index contributed by atoms with van der Waals surface area (Å²) >= 11 is -0.0304. The van der Waals surface area contributed by atoms with E-state index in [0.717, 1.165) is 0 Å². The Hall–Kier alpha value is -0.770. The first-order valence-electron chi connectivity index (χ1n) is 4.67. The van der Waals surface area contributed by atoms with Gasteiger partial charge in [-0.1, -0.05) is 0 Å². The van der Waals surface area contributed by atoms with Crippen molar-refractivity contribution in [3.8, 4) is 0 Å². The summed E-state index contributed by atoms with van der Waals surface area (Å²) in [5, 5.41) is 0. The molecule has 0 bridgehead atoms. The van der Waals surface area contributed by atoms with E-state index in [4.69, 9.17) is 0 Å². The fourth-order valence-electron chi connectivity index (χ4n) is 1.26. The Labute approximate surface area is 95.1 Å². The van der Waals surface area contributed by atoms with Gasteiger partial charge in [0.25, 0.3) is 0 Å². The van der Waals surface area contributed by atoms with Crippen LogP contribution in [0.4, 0.5) is 0 Å². The third-order valence-corrected chi connectivity index (χ3v) is 5.08. The molecule has 2 aromatic carbocycles. The van der Waals surface area contributed by atoms with E-state index < -0.39 is 0 Å². The van der Waals surface area contributed by atoms with Gasteiger partial charge in [-0.3, -0.25) is 0 Å². The van der Waals surface area contributed by atoms with Gasteiger partial charge in [0.1, 0.15) is 0 Å². The monoisotopic (exact) mass is 298 g/mol. The zero-order chi connectivity index (χ0) is 9.64. The average molecular weight is 296 g/mol. The fourth-order valence-corrected chi connectivity index (χ4v) is 3.76. The van der Waals surface area contributed by atoms with E-state index in [1.807, 2.05) is 0 Å². The predicted molar refractivity (Wildman–Crippen MR) is 62.0 cm³/mol. The standard InChI is InChI=1S/C13H12Te/c1-3-7-12(8-4-1)11-14-13-9-5-2-6-10-13/h1-10H,11H2. The number of hydrogen-bond acceptors (Lipinski definition) is 0. The number of benzene rings is 2. The molecular formula is C13H12Te. The van der Waals surface area contributed by atoms with Gasteiger partial charge in [-0.2, -0.15) is 0 Å². The van der Waals surface area contributed by atoms with Crippen LogP contribution in [0.1, 0.15) is 5.56 Å². The Balaban J connectivity index is 1.96. The fraction of sp³-hybridized carbons (Fsp3) is 0.0769. The summed E-state index contributed by atoms with van der Waals surface area (Å²) in [7, 11) is 0. The van der Waals surface area contributed by atoms with Crippen molar-refractivity contribution in [3.05, 3.63) is 66.2 Å². The molecule has 0 aliphatic rings. The molecule has 0 heterocycles. The van der Waals surface area contributed by atoms with Gasteiger partial charge in [-0.05, 0) is 0 Å². The van der Waals surface area contributed by atoms with Crippen LogP contribution in [0.15, 0.2) is 60.7 Å². The molecule has 0 nitrogen and oxygen atoms in total. The van der Waals surface area contributed by atoms with Gasteiger partial charge in [0, 0.05) is 0 Å². The maximum absolute atomic E-state index is 2.24. The molecule has 0 spiro atoms. The molecule has 0 fully saturated rings. The van der Waals surface area contributed by atoms with Crippen molar-refractivity contribution in [1.82, 2.24) is 0 Å². The van der Waals surface area contributed by atoms with E-state index in [1.165, 1.54) is 10.0 Å². The van der Waals surface area contributed by atoms with Gasteiger partial charge in [-0.25, -0.2) is 0 Å². The minimum absolute atomic E-state index is 0.0304. The van der Waals surface area contributed by atoms with Crippen molar-refractivity contribution >= 4 is 24.5 Å². The quantitative estimate of drug-likeness (QED) is 0.762. The first kappa shape index (κ1) is 9.77. The topological polar surface area (TPSA) is 0 Å². The summed E-state index contributed by atoms with van der Waals surface area (Å²) < 4.78 is 2.80. The van der Waals surface area contributed by atoms with E-state index >= 15 is 0 Å². The van der Waals surface area contributed by atoms with Gasteiger partial charge in [0.15, 0.2) is 0 Å². The molecule has 0 amide bonds. The van der Waals surface area contributed by atoms with Gasteiger partial charge >= 0.3 is 95.2 Å². The van der Waals surface area contributed by atoms with Crippen LogP contribution in [0.2, 0.25) is 0 Å². The molecule has 1 heteroatoms. The normalized spacial score (nSPS) is 10.0. The molecule has 0 saturated heterocycles. The predicted octanol–water partition coefficient (Wildman–Crippen LogP) is 2.22. The molecule has 70 valence electrons. The summed E-state index contributed by atoms with van der Waals surface area (Å²) in [4.78, 5) is 0. The third-order valence-electron chi connectivity index (χ3n) is 1.99. The van der Waals surface area contributed by atoms with Gasteiger partial charge in [0.05, 0.1) is 0 Å². The van der Waals surface area contributed by atoms with Gasteiger partial charge < -0.3 is 0 Å². The molecule has 0 atom stereocenters. The van der Waals surface area contributed by atoms with Crippen LogP contribution >= 0.6 is 0 Å². The Morgan fingerprint density at radius 3 is 1.93 bits per heavy atom. The van der Waals surface area contributed by atoms with Gasteiger partial charge in [-0.15, -0.1) is 0 Å². The van der Waals surface area contributed by atoms with Crippen LogP contribution in [0, 0.1) is 0 Å². The second kappa shape index (κ2) is 5.20. The zero-order valence-electron chi connectivity index (χ0n) is 7.89. The Kier molecular flexibility index (Phi) is 3.63. The van der Waals surface area contributed by atoms with Crippen LogP contribution in [0.3, 0.4) is 0 Å². The SMILES string of the molecule is c1ccc(C[Te]c2ccccc2)cc1. The maximum atomic E-state index is 2.24. The molecule has 0 saturated carbocycles.